The third-order valence-corrected chi connectivity index (χ3v) is 3.19. The first-order valence-corrected chi connectivity index (χ1v) is 7.51. The maximum Gasteiger partial charge on any atom is 0.224 e. The van der Waals surface area contributed by atoms with Gasteiger partial charge in [-0.1, -0.05) is 45.9 Å². The molecule has 3 nitrogen and oxygen atoms in total. The van der Waals surface area contributed by atoms with Crippen molar-refractivity contribution in [3.8, 4) is 0 Å². The standard InChI is InChI=1S/C17H28N2O/c1-5-18-13-14-9-6-7-10-15(14)19-16(20)11-8-12-17(2,3)4/h6-7,9-10,18H,5,8,11-13H2,1-4H3,(H,19,20). The van der Waals surface area contributed by atoms with E-state index in [1.807, 2.05) is 24.3 Å². The second kappa shape index (κ2) is 8.05. The number of carbonyl (C=O) groups excluding carboxylic acids is 1. The van der Waals surface area contributed by atoms with Crippen molar-refractivity contribution in [2.75, 3.05) is 11.9 Å². The third kappa shape index (κ3) is 6.71. The molecule has 1 aromatic carbocycles. The molecule has 0 saturated carbocycles. The van der Waals surface area contributed by atoms with E-state index in [0.717, 1.165) is 37.2 Å². The van der Waals surface area contributed by atoms with E-state index in [-0.39, 0.29) is 5.91 Å². The lowest BCUT2D eigenvalue weighted by Gasteiger charge is -2.17. The van der Waals surface area contributed by atoms with Crippen molar-refractivity contribution < 1.29 is 4.79 Å². The summed E-state index contributed by atoms with van der Waals surface area (Å²) in [4.78, 5) is 12.0. The quantitative estimate of drug-likeness (QED) is 0.791. The van der Waals surface area contributed by atoms with Crippen molar-refractivity contribution in [3.05, 3.63) is 29.8 Å². The lowest BCUT2D eigenvalue weighted by atomic mass is 9.90. The fourth-order valence-corrected chi connectivity index (χ4v) is 2.05. The van der Waals surface area contributed by atoms with Crippen LogP contribution in [0, 0.1) is 5.41 Å². The maximum atomic E-state index is 12.0. The highest BCUT2D eigenvalue weighted by molar-refractivity contribution is 5.91. The number of hydrogen-bond acceptors (Lipinski definition) is 2. The summed E-state index contributed by atoms with van der Waals surface area (Å²) in [5, 5.41) is 6.32. The van der Waals surface area contributed by atoms with Crippen molar-refractivity contribution in [2.45, 2.75) is 53.5 Å². The van der Waals surface area contributed by atoms with E-state index < -0.39 is 0 Å². The molecule has 0 saturated heterocycles. The van der Waals surface area contributed by atoms with Crippen LogP contribution in [0.5, 0.6) is 0 Å². The molecule has 0 aliphatic heterocycles. The minimum atomic E-state index is 0.109. The average Bonchev–Trinajstić information content (AvgIpc) is 2.36. The Morgan fingerprint density at radius 2 is 1.90 bits per heavy atom. The number of hydrogen-bond donors (Lipinski definition) is 2. The molecular formula is C17H28N2O. The van der Waals surface area contributed by atoms with E-state index in [0.29, 0.717) is 11.8 Å². The summed E-state index contributed by atoms with van der Waals surface area (Å²) >= 11 is 0. The van der Waals surface area contributed by atoms with E-state index in [4.69, 9.17) is 0 Å². The maximum absolute atomic E-state index is 12.0. The van der Waals surface area contributed by atoms with Crippen LogP contribution in [0.15, 0.2) is 24.3 Å². The van der Waals surface area contributed by atoms with Gasteiger partial charge in [-0.2, -0.15) is 0 Å². The number of rotatable bonds is 7. The number of amides is 1. The molecule has 0 radical (unpaired) electrons. The Bertz CT molecular complexity index is 421. The lowest BCUT2D eigenvalue weighted by molar-refractivity contribution is -0.116. The van der Waals surface area contributed by atoms with Crippen molar-refractivity contribution in [3.63, 3.8) is 0 Å². The highest BCUT2D eigenvalue weighted by atomic mass is 16.1. The van der Waals surface area contributed by atoms with Gasteiger partial charge in [-0.15, -0.1) is 0 Å². The first-order chi connectivity index (χ1) is 9.42. The van der Waals surface area contributed by atoms with Gasteiger partial charge in [0.1, 0.15) is 0 Å². The highest BCUT2D eigenvalue weighted by Crippen LogP contribution is 2.22. The molecule has 0 spiro atoms. The molecule has 3 heteroatoms. The van der Waals surface area contributed by atoms with Crippen molar-refractivity contribution in [1.29, 1.82) is 0 Å². The molecular weight excluding hydrogens is 248 g/mol. The molecule has 0 atom stereocenters. The molecule has 0 aromatic heterocycles. The van der Waals surface area contributed by atoms with Crippen LogP contribution in [0.1, 0.15) is 52.5 Å². The van der Waals surface area contributed by atoms with Crippen LogP contribution in [0.4, 0.5) is 5.69 Å². The fraction of sp³-hybridized carbons (Fsp3) is 0.588. The number of para-hydroxylation sites is 1. The molecule has 0 unspecified atom stereocenters. The normalized spacial score (nSPS) is 11.4. The number of anilines is 1. The van der Waals surface area contributed by atoms with Crippen LogP contribution in [0.25, 0.3) is 0 Å². The molecule has 1 amide bonds. The van der Waals surface area contributed by atoms with Gasteiger partial charge in [-0.25, -0.2) is 0 Å². The monoisotopic (exact) mass is 276 g/mol. The van der Waals surface area contributed by atoms with Gasteiger partial charge in [0.25, 0.3) is 0 Å². The summed E-state index contributed by atoms with van der Waals surface area (Å²) in [7, 11) is 0. The second-order valence-electron chi connectivity index (χ2n) is 6.40. The Morgan fingerprint density at radius 3 is 2.55 bits per heavy atom. The van der Waals surface area contributed by atoms with Gasteiger partial charge >= 0.3 is 0 Å². The molecule has 0 aliphatic rings. The van der Waals surface area contributed by atoms with E-state index in [2.05, 4.69) is 38.3 Å². The number of carbonyl (C=O) groups is 1. The molecule has 1 aromatic rings. The summed E-state index contributed by atoms with van der Waals surface area (Å²) in [5.74, 6) is 0.109. The average molecular weight is 276 g/mol. The fourth-order valence-electron chi connectivity index (χ4n) is 2.05. The van der Waals surface area contributed by atoms with Crippen molar-refractivity contribution in [1.82, 2.24) is 5.32 Å². The Balaban J connectivity index is 2.49. The Morgan fingerprint density at radius 1 is 1.20 bits per heavy atom. The minimum Gasteiger partial charge on any atom is -0.326 e. The smallest absolute Gasteiger partial charge is 0.224 e. The van der Waals surface area contributed by atoms with Gasteiger partial charge < -0.3 is 10.6 Å². The molecule has 2 N–H and O–H groups in total. The number of nitrogens with one attached hydrogen (secondary N) is 2. The van der Waals surface area contributed by atoms with Gasteiger partial charge in [-0.05, 0) is 36.4 Å². The van der Waals surface area contributed by atoms with Gasteiger partial charge in [0.15, 0.2) is 0 Å². The highest BCUT2D eigenvalue weighted by Gasteiger charge is 2.11. The zero-order valence-electron chi connectivity index (χ0n) is 13.3. The molecule has 20 heavy (non-hydrogen) atoms. The molecule has 1 rings (SSSR count). The molecule has 0 fully saturated rings. The van der Waals surface area contributed by atoms with Crippen LogP contribution in [0.3, 0.4) is 0 Å². The van der Waals surface area contributed by atoms with Crippen LogP contribution >= 0.6 is 0 Å². The summed E-state index contributed by atoms with van der Waals surface area (Å²) in [6.45, 7) is 10.4. The Hall–Kier alpha value is -1.35. The topological polar surface area (TPSA) is 41.1 Å². The summed E-state index contributed by atoms with van der Waals surface area (Å²) in [6.07, 6.45) is 2.59. The molecule has 0 heterocycles. The zero-order valence-corrected chi connectivity index (χ0v) is 13.3. The van der Waals surface area contributed by atoms with Gasteiger partial charge in [-0.3, -0.25) is 4.79 Å². The van der Waals surface area contributed by atoms with Crippen LogP contribution in [-0.4, -0.2) is 12.5 Å². The minimum absolute atomic E-state index is 0.109. The lowest BCUT2D eigenvalue weighted by Crippen LogP contribution is -2.17. The van der Waals surface area contributed by atoms with Crippen molar-refractivity contribution in [2.24, 2.45) is 5.41 Å². The summed E-state index contributed by atoms with van der Waals surface area (Å²) in [6, 6.07) is 7.98. The molecule has 112 valence electrons. The SMILES string of the molecule is CCNCc1ccccc1NC(=O)CCCC(C)(C)C. The van der Waals surface area contributed by atoms with E-state index in [1.54, 1.807) is 0 Å². The predicted octanol–water partition coefficient (Wildman–Crippen LogP) is 3.95. The number of benzene rings is 1. The van der Waals surface area contributed by atoms with E-state index in [1.165, 1.54) is 0 Å². The first-order valence-electron chi connectivity index (χ1n) is 7.51. The predicted molar refractivity (Wildman–Crippen MR) is 85.8 cm³/mol. The van der Waals surface area contributed by atoms with Crippen LogP contribution in [-0.2, 0) is 11.3 Å². The van der Waals surface area contributed by atoms with Crippen LogP contribution < -0.4 is 10.6 Å². The van der Waals surface area contributed by atoms with E-state index in [9.17, 15) is 4.79 Å². The summed E-state index contributed by atoms with van der Waals surface area (Å²) in [5.41, 5.74) is 2.36. The van der Waals surface area contributed by atoms with Gasteiger partial charge in [0.2, 0.25) is 5.91 Å². The van der Waals surface area contributed by atoms with Gasteiger partial charge in [0.05, 0.1) is 0 Å². The van der Waals surface area contributed by atoms with E-state index >= 15 is 0 Å². The Labute approximate surface area is 123 Å². The zero-order chi connectivity index (χ0) is 15.0. The van der Waals surface area contributed by atoms with Crippen molar-refractivity contribution >= 4 is 11.6 Å². The van der Waals surface area contributed by atoms with Crippen LogP contribution in [0.2, 0.25) is 0 Å². The Kier molecular flexibility index (Phi) is 6.73. The largest absolute Gasteiger partial charge is 0.326 e. The summed E-state index contributed by atoms with van der Waals surface area (Å²) < 4.78 is 0. The second-order valence-corrected chi connectivity index (χ2v) is 6.40. The first kappa shape index (κ1) is 16.7. The third-order valence-electron chi connectivity index (χ3n) is 3.19. The van der Waals surface area contributed by atoms with Gasteiger partial charge in [0, 0.05) is 18.7 Å². The molecule has 0 aliphatic carbocycles. The molecule has 0 bridgehead atoms.